The van der Waals surface area contributed by atoms with Crippen LogP contribution in [0.25, 0.3) is 0 Å². The van der Waals surface area contributed by atoms with E-state index >= 15 is 0 Å². The molecule has 1 rings (SSSR count). The lowest BCUT2D eigenvalue weighted by molar-refractivity contribution is -0.0107. The predicted octanol–water partition coefficient (Wildman–Crippen LogP) is 3.55. The largest absolute Gasteiger partial charge is 0.377 e. The van der Waals surface area contributed by atoms with Gasteiger partial charge in [-0.2, -0.15) is 0 Å². The molecule has 1 aromatic rings. The van der Waals surface area contributed by atoms with Crippen molar-refractivity contribution in [2.45, 2.75) is 32.4 Å². The lowest BCUT2D eigenvalue weighted by atomic mass is 9.91. The van der Waals surface area contributed by atoms with Crippen LogP contribution in [-0.4, -0.2) is 19.3 Å². The van der Waals surface area contributed by atoms with Crippen LogP contribution in [-0.2, 0) is 4.74 Å². The Morgan fingerprint density at radius 3 is 2.65 bits per heavy atom. The third-order valence-corrected chi connectivity index (χ3v) is 3.24. The Labute approximate surface area is 107 Å². The van der Waals surface area contributed by atoms with Gasteiger partial charge in [-0.3, -0.25) is 0 Å². The summed E-state index contributed by atoms with van der Waals surface area (Å²) >= 11 is 6.13. The van der Waals surface area contributed by atoms with Crippen molar-refractivity contribution in [2.75, 3.05) is 13.7 Å². The molecule has 0 aliphatic heterocycles. The van der Waals surface area contributed by atoms with E-state index in [1.54, 1.807) is 13.2 Å². The molecule has 1 aromatic carbocycles. The zero-order valence-corrected chi connectivity index (χ0v) is 11.4. The summed E-state index contributed by atoms with van der Waals surface area (Å²) in [4.78, 5) is 0. The highest BCUT2D eigenvalue weighted by atomic mass is 35.5. The van der Waals surface area contributed by atoms with Crippen LogP contribution in [0.2, 0.25) is 5.02 Å². The van der Waals surface area contributed by atoms with Gasteiger partial charge >= 0.3 is 0 Å². The molecule has 4 heteroatoms. The van der Waals surface area contributed by atoms with E-state index in [1.807, 2.05) is 20.8 Å². The molecule has 0 saturated carbocycles. The molecule has 0 amide bonds. The summed E-state index contributed by atoms with van der Waals surface area (Å²) in [5, 5.41) is 3.83. The summed E-state index contributed by atoms with van der Waals surface area (Å²) in [5.41, 5.74) is 0.258. The number of nitrogens with one attached hydrogen (secondary N) is 1. The first kappa shape index (κ1) is 14.4. The van der Waals surface area contributed by atoms with Gasteiger partial charge in [0.25, 0.3) is 0 Å². The van der Waals surface area contributed by atoms with E-state index in [2.05, 4.69) is 5.32 Å². The lowest BCUT2D eigenvalue weighted by Crippen LogP contribution is -2.41. The first-order valence-electron chi connectivity index (χ1n) is 5.66. The molecule has 0 aliphatic carbocycles. The highest BCUT2D eigenvalue weighted by molar-refractivity contribution is 6.31. The van der Waals surface area contributed by atoms with Crippen molar-refractivity contribution in [3.63, 3.8) is 0 Å². The van der Waals surface area contributed by atoms with Crippen LogP contribution in [0.1, 0.15) is 32.4 Å². The molecule has 1 unspecified atom stereocenters. The van der Waals surface area contributed by atoms with Crippen molar-refractivity contribution in [3.05, 3.63) is 34.6 Å². The van der Waals surface area contributed by atoms with Crippen molar-refractivity contribution in [1.29, 1.82) is 0 Å². The SMILES string of the molecule is CCNC(c1cc(F)ccc1Cl)C(C)(C)OC. The fraction of sp³-hybridized carbons (Fsp3) is 0.538. The molecule has 0 spiro atoms. The minimum atomic E-state index is -0.465. The average molecular weight is 260 g/mol. The first-order valence-corrected chi connectivity index (χ1v) is 6.03. The summed E-state index contributed by atoms with van der Waals surface area (Å²) in [5.74, 6) is -0.292. The molecule has 0 aliphatic rings. The fourth-order valence-corrected chi connectivity index (χ4v) is 2.01. The van der Waals surface area contributed by atoms with Gasteiger partial charge in [0.1, 0.15) is 5.82 Å². The van der Waals surface area contributed by atoms with Crippen molar-refractivity contribution in [2.24, 2.45) is 0 Å². The van der Waals surface area contributed by atoms with E-state index in [0.717, 1.165) is 12.1 Å². The molecule has 0 aromatic heterocycles. The summed E-state index contributed by atoms with van der Waals surface area (Å²) < 4.78 is 18.8. The second-order valence-electron chi connectivity index (χ2n) is 4.46. The van der Waals surface area contributed by atoms with Crippen LogP contribution in [0.3, 0.4) is 0 Å². The standard InChI is InChI=1S/C13H19ClFNO/c1-5-16-12(13(2,3)17-4)10-8-9(15)6-7-11(10)14/h6-8,12,16H,5H2,1-4H3. The lowest BCUT2D eigenvalue weighted by Gasteiger charge is -2.34. The molecule has 0 fully saturated rings. The van der Waals surface area contributed by atoms with Gasteiger partial charge in [0, 0.05) is 12.1 Å². The Morgan fingerprint density at radius 2 is 2.12 bits per heavy atom. The number of likely N-dealkylation sites (N-methyl/N-ethyl adjacent to an activating group) is 1. The monoisotopic (exact) mass is 259 g/mol. The first-order chi connectivity index (χ1) is 7.92. The van der Waals surface area contributed by atoms with Gasteiger partial charge in [0.2, 0.25) is 0 Å². The number of hydrogen-bond acceptors (Lipinski definition) is 2. The number of halogens is 2. The molecular formula is C13H19ClFNO. The second kappa shape index (κ2) is 5.80. The van der Waals surface area contributed by atoms with E-state index < -0.39 is 5.60 Å². The maximum atomic E-state index is 13.3. The number of rotatable bonds is 5. The van der Waals surface area contributed by atoms with E-state index in [9.17, 15) is 4.39 Å². The van der Waals surface area contributed by atoms with Gasteiger partial charge in [-0.15, -0.1) is 0 Å². The zero-order chi connectivity index (χ0) is 13.1. The predicted molar refractivity (Wildman–Crippen MR) is 68.9 cm³/mol. The summed E-state index contributed by atoms with van der Waals surface area (Å²) in [6.07, 6.45) is 0. The minimum absolute atomic E-state index is 0.152. The van der Waals surface area contributed by atoms with E-state index in [0.29, 0.717) is 5.02 Å². The van der Waals surface area contributed by atoms with Crippen LogP contribution in [0.4, 0.5) is 4.39 Å². The van der Waals surface area contributed by atoms with Gasteiger partial charge in [0.05, 0.1) is 11.6 Å². The summed E-state index contributed by atoms with van der Waals surface area (Å²) in [6.45, 7) is 6.64. The molecule has 0 saturated heterocycles. The number of benzene rings is 1. The van der Waals surface area contributed by atoms with Crippen LogP contribution in [0, 0.1) is 5.82 Å². The van der Waals surface area contributed by atoms with Crippen LogP contribution >= 0.6 is 11.6 Å². The molecule has 0 heterocycles. The zero-order valence-electron chi connectivity index (χ0n) is 10.7. The van der Waals surface area contributed by atoms with Gasteiger partial charge in [-0.05, 0) is 44.2 Å². The van der Waals surface area contributed by atoms with Crippen molar-refractivity contribution >= 4 is 11.6 Å². The molecule has 0 radical (unpaired) electrons. The molecular weight excluding hydrogens is 241 g/mol. The highest BCUT2D eigenvalue weighted by Crippen LogP contribution is 2.33. The fourth-order valence-electron chi connectivity index (χ4n) is 1.79. The topological polar surface area (TPSA) is 21.3 Å². The van der Waals surface area contributed by atoms with E-state index in [4.69, 9.17) is 16.3 Å². The van der Waals surface area contributed by atoms with Gasteiger partial charge in [0.15, 0.2) is 0 Å². The third kappa shape index (κ3) is 3.41. The highest BCUT2D eigenvalue weighted by Gasteiger charge is 2.31. The van der Waals surface area contributed by atoms with Crippen LogP contribution < -0.4 is 5.32 Å². The number of ether oxygens (including phenoxy) is 1. The van der Waals surface area contributed by atoms with Crippen LogP contribution in [0.15, 0.2) is 18.2 Å². The minimum Gasteiger partial charge on any atom is -0.377 e. The summed E-state index contributed by atoms with van der Waals surface area (Å²) in [7, 11) is 1.64. The Hall–Kier alpha value is -0.640. The Bertz CT molecular complexity index is 382. The quantitative estimate of drug-likeness (QED) is 0.873. The van der Waals surface area contributed by atoms with E-state index in [1.165, 1.54) is 12.1 Å². The molecule has 0 bridgehead atoms. The molecule has 17 heavy (non-hydrogen) atoms. The van der Waals surface area contributed by atoms with Gasteiger partial charge in [-0.1, -0.05) is 18.5 Å². The number of hydrogen-bond donors (Lipinski definition) is 1. The van der Waals surface area contributed by atoms with Gasteiger partial charge < -0.3 is 10.1 Å². The van der Waals surface area contributed by atoms with Crippen molar-refractivity contribution < 1.29 is 9.13 Å². The summed E-state index contributed by atoms with van der Waals surface area (Å²) in [6, 6.07) is 4.23. The molecule has 2 nitrogen and oxygen atoms in total. The van der Waals surface area contributed by atoms with E-state index in [-0.39, 0.29) is 11.9 Å². The molecule has 1 N–H and O–H groups in total. The Morgan fingerprint density at radius 1 is 1.47 bits per heavy atom. The second-order valence-corrected chi connectivity index (χ2v) is 4.87. The van der Waals surface area contributed by atoms with Gasteiger partial charge in [-0.25, -0.2) is 4.39 Å². The number of methoxy groups -OCH3 is 1. The average Bonchev–Trinajstić information content (AvgIpc) is 2.29. The van der Waals surface area contributed by atoms with Crippen molar-refractivity contribution in [3.8, 4) is 0 Å². The normalized spacial score (nSPS) is 13.8. The molecule has 1 atom stereocenters. The maximum Gasteiger partial charge on any atom is 0.123 e. The Balaban J connectivity index is 3.17. The maximum absolute atomic E-state index is 13.3. The molecule has 96 valence electrons. The smallest absolute Gasteiger partial charge is 0.123 e. The van der Waals surface area contributed by atoms with Crippen LogP contribution in [0.5, 0.6) is 0 Å². The third-order valence-electron chi connectivity index (χ3n) is 2.90. The van der Waals surface area contributed by atoms with Crippen molar-refractivity contribution in [1.82, 2.24) is 5.32 Å². The Kier molecular flexibility index (Phi) is 4.92.